The van der Waals surface area contributed by atoms with Crippen molar-refractivity contribution in [3.8, 4) is 0 Å². The van der Waals surface area contributed by atoms with Crippen LogP contribution in [0.4, 0.5) is 5.95 Å². The first-order valence-corrected chi connectivity index (χ1v) is 6.53. The SMILES string of the molecule is CCNc1nnc(C(CC)C(=O)OCC)n1CC. The Hall–Kier alpha value is -1.59. The Labute approximate surface area is 108 Å². The van der Waals surface area contributed by atoms with Crippen LogP contribution in [-0.4, -0.2) is 33.9 Å². The zero-order valence-electron chi connectivity index (χ0n) is 11.6. The quantitative estimate of drug-likeness (QED) is 0.751. The maximum atomic E-state index is 11.9. The lowest BCUT2D eigenvalue weighted by Crippen LogP contribution is -2.20. The van der Waals surface area contributed by atoms with Gasteiger partial charge in [-0.2, -0.15) is 0 Å². The summed E-state index contributed by atoms with van der Waals surface area (Å²) in [7, 11) is 0. The molecule has 1 atom stereocenters. The molecule has 1 rings (SSSR count). The summed E-state index contributed by atoms with van der Waals surface area (Å²) in [6.07, 6.45) is 0.656. The monoisotopic (exact) mass is 254 g/mol. The van der Waals surface area contributed by atoms with Crippen molar-refractivity contribution in [3.63, 3.8) is 0 Å². The van der Waals surface area contributed by atoms with Gasteiger partial charge in [-0.05, 0) is 27.2 Å². The third-order valence-electron chi connectivity index (χ3n) is 2.72. The lowest BCUT2D eigenvalue weighted by molar-refractivity contribution is -0.145. The fourth-order valence-corrected chi connectivity index (χ4v) is 1.87. The number of hydrogen-bond donors (Lipinski definition) is 1. The van der Waals surface area contributed by atoms with Crippen molar-refractivity contribution in [2.24, 2.45) is 0 Å². The number of anilines is 1. The minimum Gasteiger partial charge on any atom is -0.465 e. The van der Waals surface area contributed by atoms with Crippen molar-refractivity contribution < 1.29 is 9.53 Å². The van der Waals surface area contributed by atoms with E-state index in [0.29, 0.717) is 24.8 Å². The van der Waals surface area contributed by atoms with Crippen LogP contribution in [0.15, 0.2) is 0 Å². The molecule has 1 aromatic rings. The van der Waals surface area contributed by atoms with Gasteiger partial charge in [0.2, 0.25) is 5.95 Å². The van der Waals surface area contributed by atoms with E-state index in [1.54, 1.807) is 6.92 Å². The summed E-state index contributed by atoms with van der Waals surface area (Å²) in [5, 5.41) is 11.3. The molecule has 6 heteroatoms. The molecule has 0 amide bonds. The van der Waals surface area contributed by atoms with Crippen LogP contribution >= 0.6 is 0 Å². The number of carbonyl (C=O) groups is 1. The lowest BCUT2D eigenvalue weighted by Gasteiger charge is -2.14. The van der Waals surface area contributed by atoms with Crippen molar-refractivity contribution in [2.75, 3.05) is 18.5 Å². The molecule has 0 spiro atoms. The standard InChI is InChI=1S/C12H22N4O2/c1-5-9(11(17)18-8-4)10-14-15-12(13-6-2)16(10)7-3/h9H,5-8H2,1-4H3,(H,13,15). The highest BCUT2D eigenvalue weighted by atomic mass is 16.5. The van der Waals surface area contributed by atoms with Gasteiger partial charge in [0.25, 0.3) is 0 Å². The number of esters is 1. The summed E-state index contributed by atoms with van der Waals surface area (Å²) >= 11 is 0. The third kappa shape index (κ3) is 3.00. The van der Waals surface area contributed by atoms with E-state index in [9.17, 15) is 4.79 Å². The van der Waals surface area contributed by atoms with E-state index >= 15 is 0 Å². The van der Waals surface area contributed by atoms with Crippen molar-refractivity contribution in [3.05, 3.63) is 5.82 Å². The van der Waals surface area contributed by atoms with E-state index in [2.05, 4.69) is 15.5 Å². The number of hydrogen-bond acceptors (Lipinski definition) is 5. The summed E-state index contributed by atoms with van der Waals surface area (Å²) in [5.41, 5.74) is 0. The van der Waals surface area contributed by atoms with E-state index in [1.807, 2.05) is 25.3 Å². The Balaban J connectivity index is 3.01. The molecule has 6 nitrogen and oxygen atoms in total. The first kappa shape index (κ1) is 14.5. The molecule has 1 unspecified atom stereocenters. The van der Waals surface area contributed by atoms with Gasteiger partial charge in [0, 0.05) is 13.1 Å². The summed E-state index contributed by atoms with van der Waals surface area (Å²) in [6.45, 7) is 9.63. The van der Waals surface area contributed by atoms with Crippen LogP contribution in [0.2, 0.25) is 0 Å². The zero-order valence-corrected chi connectivity index (χ0v) is 11.6. The molecule has 0 aromatic carbocycles. The molecule has 0 fully saturated rings. The van der Waals surface area contributed by atoms with Gasteiger partial charge < -0.3 is 10.1 Å². The second-order valence-corrected chi connectivity index (χ2v) is 3.87. The normalized spacial score (nSPS) is 12.2. The van der Waals surface area contributed by atoms with Gasteiger partial charge in [-0.3, -0.25) is 9.36 Å². The van der Waals surface area contributed by atoms with E-state index in [0.717, 1.165) is 13.1 Å². The van der Waals surface area contributed by atoms with Crippen LogP contribution in [-0.2, 0) is 16.1 Å². The minimum absolute atomic E-state index is 0.231. The number of nitrogens with zero attached hydrogens (tertiary/aromatic N) is 3. The first-order valence-electron chi connectivity index (χ1n) is 6.53. The largest absolute Gasteiger partial charge is 0.465 e. The highest BCUT2D eigenvalue weighted by molar-refractivity contribution is 5.77. The predicted molar refractivity (Wildman–Crippen MR) is 69.5 cm³/mol. The summed E-state index contributed by atoms with van der Waals surface area (Å²) in [5.74, 6) is 0.808. The number of carbonyl (C=O) groups excluding carboxylic acids is 1. The predicted octanol–water partition coefficient (Wildman–Crippen LogP) is 1.79. The Bertz CT molecular complexity index is 389. The molecular formula is C12H22N4O2. The molecular weight excluding hydrogens is 232 g/mol. The highest BCUT2D eigenvalue weighted by Gasteiger charge is 2.26. The number of aromatic nitrogens is 3. The van der Waals surface area contributed by atoms with E-state index in [4.69, 9.17) is 4.74 Å². The highest BCUT2D eigenvalue weighted by Crippen LogP contribution is 2.22. The topological polar surface area (TPSA) is 69.0 Å². The summed E-state index contributed by atoms with van der Waals surface area (Å²) < 4.78 is 7.00. The first-order chi connectivity index (χ1) is 8.69. The van der Waals surface area contributed by atoms with Gasteiger partial charge in [-0.1, -0.05) is 6.92 Å². The van der Waals surface area contributed by atoms with Crippen LogP contribution in [0.5, 0.6) is 0 Å². The Morgan fingerprint density at radius 3 is 2.56 bits per heavy atom. The average molecular weight is 254 g/mol. The van der Waals surface area contributed by atoms with Crippen molar-refractivity contribution in [1.82, 2.24) is 14.8 Å². The molecule has 1 aromatic heterocycles. The fourth-order valence-electron chi connectivity index (χ4n) is 1.87. The number of ether oxygens (including phenoxy) is 1. The van der Waals surface area contributed by atoms with Crippen molar-refractivity contribution in [2.45, 2.75) is 46.6 Å². The molecule has 0 saturated heterocycles. The number of rotatable bonds is 7. The molecule has 1 N–H and O–H groups in total. The van der Waals surface area contributed by atoms with Crippen LogP contribution in [0, 0.1) is 0 Å². The molecule has 1 heterocycles. The second kappa shape index (κ2) is 6.98. The van der Waals surface area contributed by atoms with Crippen molar-refractivity contribution >= 4 is 11.9 Å². The Morgan fingerprint density at radius 2 is 2.06 bits per heavy atom. The zero-order chi connectivity index (χ0) is 13.5. The van der Waals surface area contributed by atoms with Gasteiger partial charge in [-0.25, -0.2) is 0 Å². The maximum Gasteiger partial charge on any atom is 0.316 e. The van der Waals surface area contributed by atoms with E-state index < -0.39 is 0 Å². The molecule has 0 saturated carbocycles. The molecule has 0 aliphatic carbocycles. The van der Waals surface area contributed by atoms with Gasteiger partial charge in [-0.15, -0.1) is 10.2 Å². The van der Waals surface area contributed by atoms with Gasteiger partial charge in [0.15, 0.2) is 0 Å². The Morgan fingerprint density at radius 1 is 1.33 bits per heavy atom. The van der Waals surface area contributed by atoms with Gasteiger partial charge in [0.1, 0.15) is 11.7 Å². The van der Waals surface area contributed by atoms with E-state index in [1.165, 1.54) is 0 Å². The summed E-state index contributed by atoms with van der Waals surface area (Å²) in [4.78, 5) is 11.9. The third-order valence-corrected chi connectivity index (χ3v) is 2.72. The molecule has 0 bridgehead atoms. The number of nitrogens with one attached hydrogen (secondary N) is 1. The maximum absolute atomic E-state index is 11.9. The van der Waals surface area contributed by atoms with Crippen molar-refractivity contribution in [1.29, 1.82) is 0 Å². The average Bonchev–Trinajstić information content (AvgIpc) is 2.74. The molecule has 18 heavy (non-hydrogen) atoms. The van der Waals surface area contributed by atoms with Crippen LogP contribution in [0.1, 0.15) is 45.9 Å². The van der Waals surface area contributed by atoms with Gasteiger partial charge in [0.05, 0.1) is 6.61 Å². The molecule has 0 aliphatic heterocycles. The lowest BCUT2D eigenvalue weighted by atomic mass is 10.1. The van der Waals surface area contributed by atoms with Crippen LogP contribution in [0.25, 0.3) is 0 Å². The summed E-state index contributed by atoms with van der Waals surface area (Å²) in [6, 6.07) is 0. The Kier molecular flexibility index (Phi) is 5.61. The molecule has 0 radical (unpaired) electrons. The fraction of sp³-hybridized carbons (Fsp3) is 0.750. The second-order valence-electron chi connectivity index (χ2n) is 3.87. The molecule has 0 aliphatic rings. The minimum atomic E-state index is -0.343. The van der Waals surface area contributed by atoms with E-state index in [-0.39, 0.29) is 11.9 Å². The smallest absolute Gasteiger partial charge is 0.316 e. The van der Waals surface area contributed by atoms with Gasteiger partial charge >= 0.3 is 5.97 Å². The van der Waals surface area contributed by atoms with Crippen LogP contribution in [0.3, 0.4) is 0 Å². The molecule has 102 valence electrons. The van der Waals surface area contributed by atoms with Crippen LogP contribution < -0.4 is 5.32 Å².